The summed E-state index contributed by atoms with van der Waals surface area (Å²) in [5.41, 5.74) is 6.01. The summed E-state index contributed by atoms with van der Waals surface area (Å²) in [7, 11) is -3.79. The predicted molar refractivity (Wildman–Crippen MR) is 69.0 cm³/mol. The molecule has 5 nitrogen and oxygen atoms in total. The number of sulfonamides is 1. The minimum absolute atomic E-state index is 0.0827. The molecule has 20 heavy (non-hydrogen) atoms. The van der Waals surface area contributed by atoms with Crippen molar-refractivity contribution in [1.29, 1.82) is 0 Å². The summed E-state index contributed by atoms with van der Waals surface area (Å²) in [6.07, 6.45) is -4.42. The zero-order chi connectivity index (χ0) is 15.4. The Bertz CT molecular complexity index is 540. The maximum Gasteiger partial charge on any atom is 0.411 e. The number of hydrogen-bond donors (Lipinski definition) is 2. The highest BCUT2D eigenvalue weighted by Crippen LogP contribution is 2.26. The molecular weight excluding hydrogens is 317 g/mol. The highest BCUT2D eigenvalue weighted by molar-refractivity contribution is 7.89. The first-order valence-corrected chi connectivity index (χ1v) is 7.95. The molecule has 0 spiro atoms. The highest BCUT2D eigenvalue weighted by atomic mass is 32.2. The van der Waals surface area contributed by atoms with Crippen LogP contribution in [0.3, 0.4) is 0 Å². The van der Waals surface area contributed by atoms with Gasteiger partial charge in [0.2, 0.25) is 10.0 Å². The highest BCUT2D eigenvalue weighted by Gasteiger charge is 2.27. The van der Waals surface area contributed by atoms with Gasteiger partial charge in [-0.1, -0.05) is 0 Å². The molecule has 0 saturated carbocycles. The quantitative estimate of drug-likeness (QED) is 0.739. The zero-order valence-corrected chi connectivity index (χ0v) is 12.3. The number of hydrogen-bond acceptors (Lipinski definition) is 5. The smallest absolute Gasteiger partial charge is 0.371 e. The van der Waals surface area contributed by atoms with E-state index < -0.39 is 22.8 Å². The van der Waals surface area contributed by atoms with Crippen molar-refractivity contribution in [2.75, 3.05) is 19.8 Å². The van der Waals surface area contributed by atoms with Gasteiger partial charge >= 0.3 is 6.18 Å². The van der Waals surface area contributed by atoms with Crippen molar-refractivity contribution in [2.24, 2.45) is 5.73 Å². The second kappa shape index (κ2) is 6.85. The van der Waals surface area contributed by atoms with Gasteiger partial charge in [-0.15, -0.1) is 11.3 Å². The van der Waals surface area contributed by atoms with Gasteiger partial charge in [-0.25, -0.2) is 13.1 Å². The lowest BCUT2D eigenvalue weighted by molar-refractivity contribution is -0.173. The van der Waals surface area contributed by atoms with Crippen LogP contribution in [0.2, 0.25) is 0 Å². The van der Waals surface area contributed by atoms with Gasteiger partial charge in [0.15, 0.2) is 0 Å². The van der Waals surface area contributed by atoms with E-state index in [1.165, 1.54) is 11.3 Å². The molecule has 10 heteroatoms. The molecule has 0 radical (unpaired) electrons. The fraction of sp³-hybridized carbons (Fsp3) is 0.600. The summed E-state index contributed by atoms with van der Waals surface area (Å²) in [6.45, 7) is -0.290. The fourth-order valence-electron chi connectivity index (χ4n) is 1.50. The van der Waals surface area contributed by atoms with Crippen molar-refractivity contribution in [3.63, 3.8) is 0 Å². The number of nitrogens with one attached hydrogen (secondary N) is 1. The Hall–Kier alpha value is -0.680. The van der Waals surface area contributed by atoms with Crippen molar-refractivity contribution >= 4 is 21.4 Å². The van der Waals surface area contributed by atoms with Crippen LogP contribution in [0.25, 0.3) is 0 Å². The molecule has 1 heterocycles. The van der Waals surface area contributed by atoms with Crippen LogP contribution in [0.5, 0.6) is 0 Å². The second-order valence-corrected chi connectivity index (χ2v) is 6.61. The third-order valence-corrected chi connectivity index (χ3v) is 5.19. The molecule has 0 aliphatic carbocycles. The van der Waals surface area contributed by atoms with Crippen LogP contribution < -0.4 is 10.5 Å². The van der Waals surface area contributed by atoms with Crippen molar-refractivity contribution in [2.45, 2.75) is 24.5 Å². The number of rotatable bonds is 7. The zero-order valence-electron chi connectivity index (χ0n) is 10.7. The van der Waals surface area contributed by atoms with E-state index in [0.29, 0.717) is 10.4 Å². The molecule has 116 valence electrons. The Morgan fingerprint density at radius 2 is 2.10 bits per heavy atom. The lowest BCUT2D eigenvalue weighted by Crippen LogP contribution is -2.29. The number of thiophene rings is 1. The van der Waals surface area contributed by atoms with E-state index in [0.717, 1.165) is 0 Å². The third kappa shape index (κ3) is 5.02. The number of nitrogens with two attached hydrogens (primary N) is 1. The van der Waals surface area contributed by atoms with Crippen LogP contribution in [-0.4, -0.2) is 34.4 Å². The Kier molecular flexibility index (Phi) is 5.95. The normalized spacial score (nSPS) is 12.8. The van der Waals surface area contributed by atoms with Gasteiger partial charge in [-0.2, -0.15) is 13.2 Å². The molecular formula is C10H15F3N2O3S2. The average molecular weight is 332 g/mol. The summed E-state index contributed by atoms with van der Waals surface area (Å²) in [4.78, 5) is 0.604. The van der Waals surface area contributed by atoms with Gasteiger partial charge in [0.05, 0.1) is 6.61 Å². The molecule has 0 aliphatic heterocycles. The van der Waals surface area contributed by atoms with Crippen molar-refractivity contribution in [3.8, 4) is 0 Å². The van der Waals surface area contributed by atoms with Crippen LogP contribution >= 0.6 is 11.3 Å². The number of ether oxygens (including phenoxy) is 1. The van der Waals surface area contributed by atoms with Gasteiger partial charge in [0.25, 0.3) is 0 Å². The Morgan fingerprint density at radius 3 is 2.65 bits per heavy atom. The molecule has 3 N–H and O–H groups in total. The molecule has 0 saturated heterocycles. The van der Waals surface area contributed by atoms with Crippen LogP contribution in [0, 0.1) is 6.92 Å². The monoisotopic (exact) mass is 332 g/mol. The predicted octanol–water partition coefficient (Wildman–Crippen LogP) is 1.37. The molecule has 0 atom stereocenters. The minimum atomic E-state index is -4.42. The number of aryl methyl sites for hydroxylation is 1. The first-order chi connectivity index (χ1) is 9.17. The number of halogens is 3. The second-order valence-electron chi connectivity index (χ2n) is 3.94. The first-order valence-electron chi connectivity index (χ1n) is 5.58. The molecule has 0 fully saturated rings. The maximum absolute atomic E-state index is 12.0. The average Bonchev–Trinajstić information content (AvgIpc) is 2.69. The standard InChI is InChI=1S/C10H15F3N2O3S2/c1-7-5-19-8(4-14)9(7)20(16,17)15-2-3-18-6-10(11,12)13/h5,15H,2-4,6,14H2,1H3. The summed E-state index contributed by atoms with van der Waals surface area (Å²) in [5.74, 6) is 0. The van der Waals surface area contributed by atoms with Crippen LogP contribution in [0.1, 0.15) is 10.4 Å². The van der Waals surface area contributed by atoms with Crippen LogP contribution in [-0.2, 0) is 21.3 Å². The summed E-state index contributed by atoms with van der Waals surface area (Å²) in [6, 6.07) is 0. The molecule has 0 bridgehead atoms. The first kappa shape index (κ1) is 17.4. The minimum Gasteiger partial charge on any atom is -0.371 e. The van der Waals surface area contributed by atoms with Gasteiger partial charge in [0, 0.05) is 18.0 Å². The Labute approximate surface area is 119 Å². The molecule has 1 rings (SSSR count). The Balaban J connectivity index is 2.56. The molecule has 1 aromatic heterocycles. The van der Waals surface area contributed by atoms with E-state index in [1.54, 1.807) is 12.3 Å². The van der Waals surface area contributed by atoms with E-state index in [4.69, 9.17) is 5.73 Å². The van der Waals surface area contributed by atoms with Gasteiger partial charge in [0.1, 0.15) is 11.5 Å². The lowest BCUT2D eigenvalue weighted by Gasteiger charge is -2.10. The fourth-order valence-corrected chi connectivity index (χ4v) is 4.21. The van der Waals surface area contributed by atoms with E-state index >= 15 is 0 Å². The lowest BCUT2D eigenvalue weighted by atomic mass is 10.3. The summed E-state index contributed by atoms with van der Waals surface area (Å²) in [5, 5.41) is 1.66. The topological polar surface area (TPSA) is 81.4 Å². The SMILES string of the molecule is Cc1csc(CN)c1S(=O)(=O)NCCOCC(F)(F)F. The summed E-state index contributed by atoms with van der Waals surface area (Å²) >= 11 is 1.23. The van der Waals surface area contributed by atoms with Gasteiger partial charge in [-0.3, -0.25) is 0 Å². The molecule has 1 aromatic rings. The van der Waals surface area contributed by atoms with Crippen LogP contribution in [0.15, 0.2) is 10.3 Å². The van der Waals surface area contributed by atoms with Gasteiger partial charge < -0.3 is 10.5 Å². The van der Waals surface area contributed by atoms with Crippen molar-refractivity contribution in [3.05, 3.63) is 15.8 Å². The molecule has 0 aromatic carbocycles. The largest absolute Gasteiger partial charge is 0.411 e. The third-order valence-electron chi connectivity index (χ3n) is 2.25. The maximum atomic E-state index is 12.0. The van der Waals surface area contributed by atoms with E-state index in [-0.39, 0.29) is 24.6 Å². The van der Waals surface area contributed by atoms with E-state index in [9.17, 15) is 21.6 Å². The molecule has 0 unspecified atom stereocenters. The van der Waals surface area contributed by atoms with Crippen molar-refractivity contribution < 1.29 is 26.3 Å². The number of alkyl halides is 3. The molecule has 0 amide bonds. The Morgan fingerprint density at radius 1 is 1.45 bits per heavy atom. The van der Waals surface area contributed by atoms with E-state index in [1.807, 2.05) is 0 Å². The van der Waals surface area contributed by atoms with E-state index in [2.05, 4.69) is 9.46 Å². The van der Waals surface area contributed by atoms with Gasteiger partial charge in [-0.05, 0) is 17.9 Å². The van der Waals surface area contributed by atoms with Crippen LogP contribution in [0.4, 0.5) is 13.2 Å². The summed E-state index contributed by atoms with van der Waals surface area (Å²) < 4.78 is 66.0. The molecule has 0 aliphatic rings. The van der Waals surface area contributed by atoms with Crippen molar-refractivity contribution in [1.82, 2.24) is 4.72 Å².